The van der Waals surface area contributed by atoms with E-state index < -0.39 is 0 Å². The highest BCUT2D eigenvalue weighted by Gasteiger charge is 2.25. The van der Waals surface area contributed by atoms with Gasteiger partial charge in [-0.05, 0) is 61.0 Å². The summed E-state index contributed by atoms with van der Waals surface area (Å²) in [5, 5.41) is 6.77. The predicted molar refractivity (Wildman–Crippen MR) is 128 cm³/mol. The molecule has 0 bridgehead atoms. The monoisotopic (exact) mass is 442 g/mol. The zero-order chi connectivity index (χ0) is 21.8. The van der Waals surface area contributed by atoms with E-state index in [1.807, 2.05) is 0 Å². The molecule has 2 saturated heterocycles. The van der Waals surface area contributed by atoms with Crippen LogP contribution >= 0.6 is 12.2 Å². The Hall–Kier alpha value is -2.48. The Morgan fingerprint density at radius 1 is 1.03 bits per heavy atom. The number of thiocarbonyl (C=S) groups is 1. The van der Waals surface area contributed by atoms with Crippen molar-refractivity contribution in [2.24, 2.45) is 11.8 Å². The van der Waals surface area contributed by atoms with Crippen LogP contribution < -0.4 is 20.4 Å². The van der Waals surface area contributed by atoms with Gasteiger partial charge in [0.05, 0.1) is 0 Å². The highest BCUT2D eigenvalue weighted by Crippen LogP contribution is 2.29. The van der Waals surface area contributed by atoms with Crippen LogP contribution in [0.3, 0.4) is 0 Å². The molecule has 8 heteroatoms. The maximum Gasteiger partial charge on any atom is 0.232 e. The molecule has 2 aliphatic rings. The van der Waals surface area contributed by atoms with E-state index in [0.717, 1.165) is 43.4 Å². The number of hydrogen-bond donors (Lipinski definition) is 2. The molecular formula is C23H31FN6S. The third-order valence-corrected chi connectivity index (χ3v) is 6.16. The van der Waals surface area contributed by atoms with Gasteiger partial charge in [0.15, 0.2) is 5.11 Å². The van der Waals surface area contributed by atoms with Gasteiger partial charge in [0.2, 0.25) is 5.95 Å². The first-order valence-corrected chi connectivity index (χ1v) is 11.6. The predicted octanol–water partition coefficient (Wildman–Crippen LogP) is 4.18. The van der Waals surface area contributed by atoms with Crippen LogP contribution in [0.15, 0.2) is 30.3 Å². The van der Waals surface area contributed by atoms with Gasteiger partial charge in [-0.2, -0.15) is 9.97 Å². The van der Waals surface area contributed by atoms with E-state index in [2.05, 4.69) is 40.3 Å². The van der Waals surface area contributed by atoms with E-state index in [1.165, 1.54) is 31.4 Å². The van der Waals surface area contributed by atoms with Crippen LogP contribution in [0, 0.1) is 17.7 Å². The molecule has 0 saturated carbocycles. The zero-order valence-electron chi connectivity index (χ0n) is 18.3. The lowest BCUT2D eigenvalue weighted by Crippen LogP contribution is -2.39. The first-order valence-electron chi connectivity index (χ1n) is 11.1. The van der Waals surface area contributed by atoms with E-state index in [4.69, 9.17) is 22.2 Å². The van der Waals surface area contributed by atoms with Gasteiger partial charge < -0.3 is 20.4 Å². The molecule has 2 fully saturated rings. The first kappa shape index (κ1) is 21.7. The summed E-state index contributed by atoms with van der Waals surface area (Å²) in [5.74, 6) is 3.47. The minimum atomic E-state index is -0.245. The molecule has 6 nitrogen and oxygen atoms in total. The summed E-state index contributed by atoms with van der Waals surface area (Å²) >= 11 is 5.47. The van der Waals surface area contributed by atoms with E-state index in [-0.39, 0.29) is 5.82 Å². The van der Waals surface area contributed by atoms with Crippen molar-refractivity contribution in [3.63, 3.8) is 0 Å². The third-order valence-electron chi connectivity index (χ3n) is 5.91. The van der Waals surface area contributed by atoms with E-state index in [9.17, 15) is 4.39 Å². The van der Waals surface area contributed by atoms with Crippen LogP contribution in [0.1, 0.15) is 38.7 Å². The van der Waals surface area contributed by atoms with Crippen molar-refractivity contribution in [3.8, 4) is 0 Å². The molecule has 2 N–H and O–H groups in total. The van der Waals surface area contributed by atoms with E-state index >= 15 is 0 Å². The number of halogens is 1. The number of rotatable bonds is 5. The summed E-state index contributed by atoms with van der Waals surface area (Å²) in [7, 11) is 0. The average molecular weight is 443 g/mol. The fourth-order valence-corrected chi connectivity index (χ4v) is 4.69. The molecule has 0 radical (unpaired) electrons. The van der Waals surface area contributed by atoms with E-state index in [0.29, 0.717) is 29.4 Å². The van der Waals surface area contributed by atoms with Gasteiger partial charge in [0, 0.05) is 38.8 Å². The Labute approximate surface area is 189 Å². The quantitative estimate of drug-likeness (QED) is 0.674. The van der Waals surface area contributed by atoms with Crippen molar-refractivity contribution in [3.05, 3.63) is 41.7 Å². The highest BCUT2D eigenvalue weighted by atomic mass is 32.1. The average Bonchev–Trinajstić information content (AvgIpc) is 3.27. The summed E-state index contributed by atoms with van der Waals surface area (Å²) in [6.45, 7) is 9.18. The Morgan fingerprint density at radius 2 is 1.65 bits per heavy atom. The summed E-state index contributed by atoms with van der Waals surface area (Å²) < 4.78 is 13.1. The number of hydrogen-bond acceptors (Lipinski definition) is 5. The summed E-state index contributed by atoms with van der Waals surface area (Å²) in [5.41, 5.74) is 0.953. The zero-order valence-corrected chi connectivity index (χ0v) is 19.1. The molecule has 2 atom stereocenters. The second-order valence-electron chi connectivity index (χ2n) is 8.89. The maximum absolute atomic E-state index is 13.1. The normalized spacial score (nSPS) is 21.3. The molecule has 0 amide bonds. The van der Waals surface area contributed by atoms with Gasteiger partial charge >= 0.3 is 0 Å². The van der Waals surface area contributed by atoms with E-state index in [1.54, 1.807) is 12.1 Å². The SMILES string of the molecule is C[C@@H]1C[C@H](C)CN(c2cc(N3CCCC3)nc(NC(=S)NCc3ccc(F)cc3)n2)C1. The van der Waals surface area contributed by atoms with Crippen LogP contribution in [0.5, 0.6) is 0 Å². The molecule has 2 aliphatic heterocycles. The Kier molecular flexibility index (Phi) is 6.85. The van der Waals surface area contributed by atoms with Crippen molar-refractivity contribution in [2.45, 2.75) is 39.7 Å². The van der Waals surface area contributed by atoms with Gasteiger partial charge in [-0.25, -0.2) is 4.39 Å². The molecule has 1 aromatic carbocycles. The molecular weight excluding hydrogens is 411 g/mol. The van der Waals surface area contributed by atoms with Crippen LogP contribution in [0.2, 0.25) is 0 Å². The van der Waals surface area contributed by atoms with Crippen molar-refractivity contribution in [2.75, 3.05) is 41.3 Å². The lowest BCUT2D eigenvalue weighted by atomic mass is 9.92. The van der Waals surface area contributed by atoms with Gasteiger partial charge in [-0.3, -0.25) is 0 Å². The first-order chi connectivity index (χ1) is 15.0. The standard InChI is InChI=1S/C23H31FN6S/c1-16-11-17(2)15-30(14-16)21-12-20(29-9-3-4-10-29)26-22(27-21)28-23(31)25-13-18-5-7-19(24)8-6-18/h5-8,12,16-17H,3-4,9-11,13-15H2,1-2H3,(H2,25,26,27,28,31)/t16-,17+. The topological polar surface area (TPSA) is 56.3 Å². The lowest BCUT2D eigenvalue weighted by Gasteiger charge is -2.36. The Balaban J connectivity index is 1.49. The van der Waals surface area contributed by atoms with Crippen LogP contribution in [0.25, 0.3) is 0 Å². The maximum atomic E-state index is 13.1. The van der Waals surface area contributed by atoms with Crippen molar-refractivity contribution in [1.82, 2.24) is 15.3 Å². The van der Waals surface area contributed by atoms with Gasteiger partial charge in [-0.1, -0.05) is 26.0 Å². The van der Waals surface area contributed by atoms with Gasteiger partial charge in [0.25, 0.3) is 0 Å². The van der Waals surface area contributed by atoms with Crippen molar-refractivity contribution in [1.29, 1.82) is 0 Å². The second kappa shape index (κ2) is 9.77. The second-order valence-corrected chi connectivity index (χ2v) is 9.30. The molecule has 166 valence electrons. The fourth-order valence-electron chi connectivity index (χ4n) is 4.53. The number of piperidine rings is 1. The molecule has 2 aromatic rings. The fraction of sp³-hybridized carbons (Fsp3) is 0.522. The molecule has 1 aromatic heterocycles. The van der Waals surface area contributed by atoms with Crippen molar-refractivity contribution < 1.29 is 4.39 Å². The Bertz CT molecular complexity index is 889. The third kappa shape index (κ3) is 5.81. The number of nitrogens with one attached hydrogen (secondary N) is 2. The Morgan fingerprint density at radius 3 is 2.29 bits per heavy atom. The molecule has 0 aliphatic carbocycles. The largest absolute Gasteiger partial charge is 0.358 e. The molecule has 4 rings (SSSR count). The molecule has 31 heavy (non-hydrogen) atoms. The minimum Gasteiger partial charge on any atom is -0.358 e. The number of nitrogens with zero attached hydrogens (tertiary/aromatic N) is 4. The summed E-state index contributed by atoms with van der Waals surface area (Å²) in [4.78, 5) is 14.3. The number of anilines is 3. The summed E-state index contributed by atoms with van der Waals surface area (Å²) in [6.07, 6.45) is 3.64. The van der Waals surface area contributed by atoms with Gasteiger partial charge in [0.1, 0.15) is 17.5 Å². The van der Waals surface area contributed by atoms with Crippen LogP contribution in [-0.4, -0.2) is 41.3 Å². The summed E-state index contributed by atoms with van der Waals surface area (Å²) in [6, 6.07) is 8.50. The van der Waals surface area contributed by atoms with Crippen molar-refractivity contribution >= 4 is 34.9 Å². The van der Waals surface area contributed by atoms with Crippen LogP contribution in [-0.2, 0) is 6.54 Å². The smallest absolute Gasteiger partial charge is 0.232 e. The molecule has 3 heterocycles. The minimum absolute atomic E-state index is 0.245. The van der Waals surface area contributed by atoms with Crippen LogP contribution in [0.4, 0.5) is 22.0 Å². The van der Waals surface area contributed by atoms with Gasteiger partial charge in [-0.15, -0.1) is 0 Å². The number of aromatic nitrogens is 2. The number of benzene rings is 1. The molecule has 0 unspecified atom stereocenters. The molecule has 0 spiro atoms. The lowest BCUT2D eigenvalue weighted by molar-refractivity contribution is 0.355. The highest BCUT2D eigenvalue weighted by molar-refractivity contribution is 7.80.